The van der Waals surface area contributed by atoms with Gasteiger partial charge < -0.3 is 5.32 Å². The van der Waals surface area contributed by atoms with Crippen molar-refractivity contribution in [2.75, 3.05) is 13.1 Å². The molecular formula is C11H15F3N2. The Morgan fingerprint density at radius 3 is 2.62 bits per heavy atom. The highest BCUT2D eigenvalue weighted by Crippen LogP contribution is 2.20. The first-order chi connectivity index (χ1) is 7.58. The SMILES string of the molecule is FC(F)(F)CCCNCCc1ccccn1. The highest BCUT2D eigenvalue weighted by molar-refractivity contribution is 5.03. The Hall–Kier alpha value is -1.10. The summed E-state index contributed by atoms with van der Waals surface area (Å²) in [6.45, 7) is 1.06. The summed E-state index contributed by atoms with van der Waals surface area (Å²) < 4.78 is 35.4. The molecule has 1 aromatic rings. The zero-order chi connectivity index (χ0) is 11.9. The van der Waals surface area contributed by atoms with Crippen LogP contribution in [-0.2, 0) is 6.42 Å². The molecule has 2 nitrogen and oxygen atoms in total. The molecule has 0 atom stereocenters. The molecule has 1 rings (SSSR count). The van der Waals surface area contributed by atoms with Crippen molar-refractivity contribution < 1.29 is 13.2 Å². The topological polar surface area (TPSA) is 24.9 Å². The molecule has 16 heavy (non-hydrogen) atoms. The van der Waals surface area contributed by atoms with E-state index >= 15 is 0 Å². The van der Waals surface area contributed by atoms with Crippen molar-refractivity contribution in [1.82, 2.24) is 10.3 Å². The van der Waals surface area contributed by atoms with E-state index in [1.807, 2.05) is 18.2 Å². The Labute approximate surface area is 92.9 Å². The number of hydrogen-bond donors (Lipinski definition) is 1. The van der Waals surface area contributed by atoms with Gasteiger partial charge in [-0.15, -0.1) is 0 Å². The minimum Gasteiger partial charge on any atom is -0.316 e. The molecule has 0 radical (unpaired) electrons. The third-order valence-electron chi connectivity index (χ3n) is 2.10. The number of aromatic nitrogens is 1. The van der Waals surface area contributed by atoms with Gasteiger partial charge in [0.2, 0.25) is 0 Å². The standard InChI is InChI=1S/C11H15F3N2/c12-11(13,14)6-3-7-15-9-5-10-4-1-2-8-16-10/h1-2,4,8,15H,3,5-7,9H2. The van der Waals surface area contributed by atoms with Crippen LogP contribution in [0.25, 0.3) is 0 Å². The quantitative estimate of drug-likeness (QED) is 0.762. The molecule has 0 saturated carbocycles. The summed E-state index contributed by atoms with van der Waals surface area (Å²) in [5, 5.41) is 2.97. The summed E-state index contributed by atoms with van der Waals surface area (Å²) in [6.07, 6.45) is -2.18. The van der Waals surface area contributed by atoms with Crippen LogP contribution in [0, 0.1) is 0 Å². The number of halogens is 3. The molecule has 1 aromatic heterocycles. The molecule has 0 amide bonds. The summed E-state index contributed by atoms with van der Waals surface area (Å²) in [5.41, 5.74) is 0.950. The van der Waals surface area contributed by atoms with Crippen LogP contribution in [0.1, 0.15) is 18.5 Å². The molecule has 0 fully saturated rings. The number of rotatable bonds is 6. The molecule has 0 aliphatic rings. The van der Waals surface area contributed by atoms with Gasteiger partial charge in [-0.25, -0.2) is 0 Å². The second kappa shape index (κ2) is 6.48. The fourth-order valence-corrected chi connectivity index (χ4v) is 1.30. The summed E-state index contributed by atoms with van der Waals surface area (Å²) in [4.78, 5) is 4.12. The first-order valence-corrected chi connectivity index (χ1v) is 5.25. The lowest BCUT2D eigenvalue weighted by Crippen LogP contribution is -2.20. The van der Waals surface area contributed by atoms with E-state index in [9.17, 15) is 13.2 Å². The third kappa shape index (κ3) is 6.40. The fraction of sp³-hybridized carbons (Fsp3) is 0.545. The molecular weight excluding hydrogens is 217 g/mol. The van der Waals surface area contributed by atoms with Crippen molar-refractivity contribution in [3.8, 4) is 0 Å². The van der Waals surface area contributed by atoms with Gasteiger partial charge in [0.1, 0.15) is 0 Å². The van der Waals surface area contributed by atoms with Crippen molar-refractivity contribution in [1.29, 1.82) is 0 Å². The fourth-order valence-electron chi connectivity index (χ4n) is 1.30. The van der Waals surface area contributed by atoms with E-state index in [0.717, 1.165) is 12.1 Å². The predicted octanol–water partition coefficient (Wildman–Crippen LogP) is 2.56. The second-order valence-corrected chi connectivity index (χ2v) is 3.54. The van der Waals surface area contributed by atoms with E-state index in [2.05, 4.69) is 10.3 Å². The number of alkyl halides is 3. The molecule has 0 aromatic carbocycles. The maximum Gasteiger partial charge on any atom is 0.389 e. The van der Waals surface area contributed by atoms with E-state index in [1.165, 1.54) is 0 Å². The van der Waals surface area contributed by atoms with Crippen molar-refractivity contribution in [2.45, 2.75) is 25.4 Å². The van der Waals surface area contributed by atoms with Crippen molar-refractivity contribution in [3.63, 3.8) is 0 Å². The maximum atomic E-state index is 11.8. The first-order valence-electron chi connectivity index (χ1n) is 5.25. The van der Waals surface area contributed by atoms with Crippen LogP contribution in [0.5, 0.6) is 0 Å². The summed E-state index contributed by atoms with van der Waals surface area (Å²) in [5.74, 6) is 0. The molecule has 0 bridgehead atoms. The first kappa shape index (κ1) is 13.0. The number of nitrogens with zero attached hydrogens (tertiary/aromatic N) is 1. The summed E-state index contributed by atoms with van der Waals surface area (Å²) >= 11 is 0. The van der Waals surface area contributed by atoms with Gasteiger partial charge in [-0.3, -0.25) is 4.98 Å². The van der Waals surface area contributed by atoms with Crippen molar-refractivity contribution >= 4 is 0 Å². The highest BCUT2D eigenvalue weighted by Gasteiger charge is 2.25. The Bertz CT molecular complexity index is 285. The maximum absolute atomic E-state index is 11.8. The Morgan fingerprint density at radius 1 is 1.19 bits per heavy atom. The van der Waals surface area contributed by atoms with Gasteiger partial charge >= 0.3 is 6.18 Å². The average Bonchev–Trinajstić information content (AvgIpc) is 2.23. The zero-order valence-corrected chi connectivity index (χ0v) is 8.93. The number of hydrogen-bond acceptors (Lipinski definition) is 2. The van der Waals surface area contributed by atoms with E-state index < -0.39 is 12.6 Å². The van der Waals surface area contributed by atoms with Crippen LogP contribution in [0.3, 0.4) is 0 Å². The summed E-state index contributed by atoms with van der Waals surface area (Å²) in [6, 6.07) is 5.63. The molecule has 0 unspecified atom stereocenters. The van der Waals surface area contributed by atoms with Crippen LogP contribution in [0.15, 0.2) is 24.4 Å². The normalized spacial score (nSPS) is 11.7. The van der Waals surface area contributed by atoms with E-state index in [1.54, 1.807) is 6.20 Å². The second-order valence-electron chi connectivity index (χ2n) is 3.54. The molecule has 0 aliphatic carbocycles. The van der Waals surface area contributed by atoms with Gasteiger partial charge in [0.05, 0.1) is 0 Å². The molecule has 1 N–H and O–H groups in total. The van der Waals surface area contributed by atoms with Crippen molar-refractivity contribution in [3.05, 3.63) is 30.1 Å². The Morgan fingerprint density at radius 2 is 2.00 bits per heavy atom. The van der Waals surface area contributed by atoms with Gasteiger partial charge in [0.15, 0.2) is 0 Å². The van der Waals surface area contributed by atoms with Crippen LogP contribution in [-0.4, -0.2) is 24.2 Å². The average molecular weight is 232 g/mol. The van der Waals surface area contributed by atoms with Crippen molar-refractivity contribution in [2.24, 2.45) is 0 Å². The smallest absolute Gasteiger partial charge is 0.316 e. The van der Waals surface area contributed by atoms with Gasteiger partial charge in [-0.2, -0.15) is 13.2 Å². The molecule has 0 aliphatic heterocycles. The van der Waals surface area contributed by atoms with Gasteiger partial charge in [0.25, 0.3) is 0 Å². The Balaban J connectivity index is 2.01. The minimum absolute atomic E-state index is 0.131. The minimum atomic E-state index is -4.04. The van der Waals surface area contributed by atoms with Crippen LogP contribution < -0.4 is 5.32 Å². The predicted molar refractivity (Wildman–Crippen MR) is 56.1 cm³/mol. The zero-order valence-electron chi connectivity index (χ0n) is 8.93. The monoisotopic (exact) mass is 232 g/mol. The number of nitrogens with one attached hydrogen (secondary N) is 1. The molecule has 5 heteroatoms. The van der Waals surface area contributed by atoms with Crippen LogP contribution in [0.4, 0.5) is 13.2 Å². The van der Waals surface area contributed by atoms with E-state index in [4.69, 9.17) is 0 Å². The molecule has 1 heterocycles. The van der Waals surface area contributed by atoms with Gasteiger partial charge in [0, 0.05) is 31.3 Å². The largest absolute Gasteiger partial charge is 0.389 e. The molecule has 0 saturated heterocycles. The van der Waals surface area contributed by atoms with Gasteiger partial charge in [-0.1, -0.05) is 6.07 Å². The Kier molecular flexibility index (Phi) is 5.25. The van der Waals surface area contributed by atoms with E-state index in [0.29, 0.717) is 13.1 Å². The lowest BCUT2D eigenvalue weighted by Gasteiger charge is -2.06. The van der Waals surface area contributed by atoms with Crippen LogP contribution in [0.2, 0.25) is 0 Å². The number of pyridine rings is 1. The molecule has 0 spiro atoms. The summed E-state index contributed by atoms with van der Waals surface area (Å²) in [7, 11) is 0. The molecule has 90 valence electrons. The third-order valence-corrected chi connectivity index (χ3v) is 2.10. The lowest BCUT2D eigenvalue weighted by molar-refractivity contribution is -0.135. The van der Waals surface area contributed by atoms with Crippen LogP contribution >= 0.6 is 0 Å². The highest BCUT2D eigenvalue weighted by atomic mass is 19.4. The van der Waals surface area contributed by atoms with E-state index in [-0.39, 0.29) is 6.42 Å². The lowest BCUT2D eigenvalue weighted by atomic mass is 10.2. The van der Waals surface area contributed by atoms with Gasteiger partial charge in [-0.05, 0) is 25.1 Å².